The van der Waals surface area contributed by atoms with Gasteiger partial charge in [0.1, 0.15) is 23.9 Å². The number of halogens is 2. The first-order valence-electron chi connectivity index (χ1n) is 8.31. The first kappa shape index (κ1) is 19.1. The molecule has 0 radical (unpaired) electrons. The molecule has 0 atom stereocenters. The third kappa shape index (κ3) is 4.36. The van der Waals surface area contributed by atoms with Crippen LogP contribution < -0.4 is 10.1 Å². The fourth-order valence-electron chi connectivity index (χ4n) is 2.54. The Labute approximate surface area is 163 Å². The largest absolute Gasteiger partial charge is 0.489 e. The number of hydrogen-bond donors (Lipinski definition) is 1. The Morgan fingerprint density at radius 2 is 2.26 bits per heavy atom. The van der Waals surface area contributed by atoms with Crippen LogP contribution in [0.3, 0.4) is 0 Å². The monoisotopic (exact) mass is 436 g/mol. The minimum Gasteiger partial charge on any atom is -0.489 e. The van der Waals surface area contributed by atoms with Crippen LogP contribution in [0.5, 0.6) is 5.75 Å². The number of carbonyl (C=O) groups excluding carboxylic acids is 1. The van der Waals surface area contributed by atoms with Crippen molar-refractivity contribution >= 4 is 21.8 Å². The minimum atomic E-state index is -0.398. The molecule has 7 nitrogen and oxygen atoms in total. The van der Waals surface area contributed by atoms with Crippen molar-refractivity contribution in [1.29, 1.82) is 0 Å². The van der Waals surface area contributed by atoms with Crippen LogP contribution in [-0.4, -0.2) is 20.8 Å². The fraction of sp³-hybridized carbons (Fsp3) is 0.278. The van der Waals surface area contributed by atoms with Gasteiger partial charge in [0.25, 0.3) is 5.91 Å². The summed E-state index contributed by atoms with van der Waals surface area (Å²) in [6.45, 7) is 4.67. The molecule has 0 unspecified atom stereocenters. The second kappa shape index (κ2) is 8.34. The SMILES string of the molecule is CCn1ncc(Br)c1CNC(=O)c1noc(C)c1COc1cccc(F)c1. The Kier molecular flexibility index (Phi) is 5.90. The van der Waals surface area contributed by atoms with Crippen molar-refractivity contribution in [2.45, 2.75) is 33.5 Å². The van der Waals surface area contributed by atoms with Gasteiger partial charge in [0, 0.05) is 12.6 Å². The molecule has 142 valence electrons. The van der Waals surface area contributed by atoms with Gasteiger partial charge >= 0.3 is 0 Å². The molecule has 0 fully saturated rings. The third-order valence-electron chi connectivity index (χ3n) is 3.99. The third-order valence-corrected chi connectivity index (χ3v) is 4.66. The van der Waals surface area contributed by atoms with Crippen LogP contribution in [-0.2, 0) is 19.7 Å². The molecule has 0 aliphatic heterocycles. The van der Waals surface area contributed by atoms with Crippen molar-refractivity contribution in [1.82, 2.24) is 20.3 Å². The standard InChI is InChI=1S/C18H18BrFN4O3/c1-3-24-16(15(19)8-22-24)9-21-18(25)17-14(11(2)27-23-17)10-26-13-6-4-5-12(20)7-13/h4-8H,3,9-10H2,1-2H3,(H,21,25). The van der Waals surface area contributed by atoms with E-state index in [0.717, 1.165) is 10.2 Å². The van der Waals surface area contributed by atoms with E-state index in [1.807, 2.05) is 6.92 Å². The average molecular weight is 437 g/mol. The smallest absolute Gasteiger partial charge is 0.274 e. The molecule has 3 rings (SSSR count). The lowest BCUT2D eigenvalue weighted by Gasteiger charge is -2.09. The highest BCUT2D eigenvalue weighted by Gasteiger charge is 2.21. The number of benzene rings is 1. The Morgan fingerprint density at radius 1 is 1.44 bits per heavy atom. The quantitative estimate of drug-likeness (QED) is 0.611. The molecule has 3 aromatic rings. The van der Waals surface area contributed by atoms with Gasteiger partial charge in [0.05, 0.1) is 28.5 Å². The van der Waals surface area contributed by atoms with Gasteiger partial charge in [0.15, 0.2) is 5.69 Å². The summed E-state index contributed by atoms with van der Waals surface area (Å²) < 4.78 is 26.6. The molecule has 0 saturated heterocycles. The molecule has 0 aliphatic rings. The topological polar surface area (TPSA) is 82.2 Å². The first-order chi connectivity index (χ1) is 13.0. The van der Waals surface area contributed by atoms with Crippen molar-refractivity contribution in [2.75, 3.05) is 0 Å². The van der Waals surface area contributed by atoms with Crippen LogP contribution in [0.1, 0.15) is 34.4 Å². The maximum Gasteiger partial charge on any atom is 0.274 e. The first-order valence-corrected chi connectivity index (χ1v) is 9.10. The zero-order valence-electron chi connectivity index (χ0n) is 14.8. The van der Waals surface area contributed by atoms with Crippen molar-refractivity contribution < 1.29 is 18.4 Å². The van der Waals surface area contributed by atoms with E-state index in [4.69, 9.17) is 9.26 Å². The number of amides is 1. The lowest BCUT2D eigenvalue weighted by molar-refractivity contribution is 0.0938. The molecule has 0 bridgehead atoms. The van der Waals surface area contributed by atoms with Crippen LogP contribution in [0, 0.1) is 12.7 Å². The number of carbonyl (C=O) groups is 1. The van der Waals surface area contributed by atoms with Gasteiger partial charge in [-0.25, -0.2) is 4.39 Å². The molecule has 27 heavy (non-hydrogen) atoms. The molecule has 0 spiro atoms. The highest BCUT2D eigenvalue weighted by molar-refractivity contribution is 9.10. The maximum atomic E-state index is 13.3. The summed E-state index contributed by atoms with van der Waals surface area (Å²) in [5, 5.41) is 10.9. The number of nitrogens with one attached hydrogen (secondary N) is 1. The number of aromatic nitrogens is 3. The van der Waals surface area contributed by atoms with Gasteiger partial charge in [-0.15, -0.1) is 0 Å². The Balaban J connectivity index is 1.69. The molecular weight excluding hydrogens is 419 g/mol. The average Bonchev–Trinajstić information content (AvgIpc) is 3.20. The van der Waals surface area contributed by atoms with Crippen molar-refractivity contribution in [3.8, 4) is 5.75 Å². The predicted molar refractivity (Wildman–Crippen MR) is 98.7 cm³/mol. The number of aryl methyl sites for hydroxylation is 2. The summed E-state index contributed by atoms with van der Waals surface area (Å²) in [5.74, 6) is 0.0418. The summed E-state index contributed by atoms with van der Waals surface area (Å²) in [5.41, 5.74) is 1.51. The van der Waals surface area contributed by atoms with Gasteiger partial charge < -0.3 is 14.6 Å². The van der Waals surface area contributed by atoms with E-state index < -0.39 is 5.82 Å². The molecule has 1 amide bonds. The summed E-state index contributed by atoms with van der Waals surface area (Å²) >= 11 is 3.42. The molecular formula is C18H18BrFN4O3. The van der Waals surface area contributed by atoms with Crippen molar-refractivity contribution in [3.63, 3.8) is 0 Å². The van der Waals surface area contributed by atoms with Crippen LogP contribution >= 0.6 is 15.9 Å². The van der Waals surface area contributed by atoms with E-state index in [1.54, 1.807) is 29.9 Å². The highest BCUT2D eigenvalue weighted by Crippen LogP contribution is 2.19. The molecule has 2 aromatic heterocycles. The van der Waals surface area contributed by atoms with Gasteiger partial charge in [-0.05, 0) is 41.9 Å². The fourth-order valence-corrected chi connectivity index (χ4v) is 2.97. The minimum absolute atomic E-state index is 0.0398. The second-order valence-corrected chi connectivity index (χ2v) is 6.60. The highest BCUT2D eigenvalue weighted by atomic mass is 79.9. The summed E-state index contributed by atoms with van der Waals surface area (Å²) in [4.78, 5) is 12.6. The van der Waals surface area contributed by atoms with Gasteiger partial charge in [-0.3, -0.25) is 9.48 Å². The zero-order chi connectivity index (χ0) is 19.4. The predicted octanol–water partition coefficient (Wildman–Crippen LogP) is 3.61. The van der Waals surface area contributed by atoms with E-state index in [0.29, 0.717) is 23.6 Å². The van der Waals surface area contributed by atoms with E-state index in [9.17, 15) is 9.18 Å². The van der Waals surface area contributed by atoms with E-state index >= 15 is 0 Å². The molecule has 0 saturated carbocycles. The van der Waals surface area contributed by atoms with Crippen molar-refractivity contribution in [3.05, 3.63) is 63.5 Å². The Bertz CT molecular complexity index is 954. The molecule has 1 aromatic carbocycles. The lowest BCUT2D eigenvalue weighted by Crippen LogP contribution is -2.26. The van der Waals surface area contributed by atoms with E-state index in [2.05, 4.69) is 31.5 Å². The van der Waals surface area contributed by atoms with Crippen LogP contribution in [0.25, 0.3) is 0 Å². The van der Waals surface area contributed by atoms with E-state index in [1.165, 1.54) is 12.1 Å². The molecule has 0 aliphatic carbocycles. The number of rotatable bonds is 7. The Morgan fingerprint density at radius 3 is 3.00 bits per heavy atom. The molecule has 9 heteroatoms. The maximum absolute atomic E-state index is 13.3. The number of nitrogens with zero attached hydrogens (tertiary/aromatic N) is 3. The van der Waals surface area contributed by atoms with Gasteiger partial charge in [-0.1, -0.05) is 11.2 Å². The van der Waals surface area contributed by atoms with Crippen molar-refractivity contribution in [2.24, 2.45) is 0 Å². The summed E-state index contributed by atoms with van der Waals surface area (Å²) in [7, 11) is 0. The van der Waals surface area contributed by atoms with Gasteiger partial charge in [-0.2, -0.15) is 5.10 Å². The van der Waals surface area contributed by atoms with Crippen LogP contribution in [0.2, 0.25) is 0 Å². The zero-order valence-corrected chi connectivity index (χ0v) is 16.4. The number of ether oxygens (including phenoxy) is 1. The normalized spacial score (nSPS) is 10.8. The second-order valence-electron chi connectivity index (χ2n) is 5.75. The van der Waals surface area contributed by atoms with Crippen LogP contribution in [0.4, 0.5) is 4.39 Å². The summed E-state index contributed by atoms with van der Waals surface area (Å²) in [6, 6.07) is 5.78. The lowest BCUT2D eigenvalue weighted by atomic mass is 10.2. The number of hydrogen-bond acceptors (Lipinski definition) is 5. The van der Waals surface area contributed by atoms with Crippen LogP contribution in [0.15, 0.2) is 39.5 Å². The molecule has 2 heterocycles. The van der Waals surface area contributed by atoms with Gasteiger partial charge in [0.2, 0.25) is 0 Å². The Hall–Kier alpha value is -2.68. The van der Waals surface area contributed by atoms with E-state index in [-0.39, 0.29) is 24.8 Å². The molecule has 1 N–H and O–H groups in total. The summed E-state index contributed by atoms with van der Waals surface area (Å²) in [6.07, 6.45) is 1.68.